The van der Waals surface area contributed by atoms with Gasteiger partial charge in [0, 0.05) is 6.42 Å². The molecule has 0 bridgehead atoms. The largest absolute Gasteiger partial charge is 0.462 e. The first-order valence-electron chi connectivity index (χ1n) is 8.63. The van der Waals surface area contributed by atoms with Crippen LogP contribution in [-0.2, 0) is 15.9 Å². The maximum atomic E-state index is 7.24. The van der Waals surface area contributed by atoms with Crippen LogP contribution >= 0.6 is 0 Å². The second kappa shape index (κ2) is 7.39. The third kappa shape index (κ3) is 3.59. The Bertz CT molecular complexity index is 848. The van der Waals surface area contributed by atoms with Crippen molar-refractivity contribution >= 4 is 18.3 Å². The maximum Gasteiger partial charge on any atom is 0.293 e. The summed E-state index contributed by atoms with van der Waals surface area (Å²) in [6.45, 7) is 0.987. The highest BCUT2D eigenvalue weighted by molar-refractivity contribution is 5.94. The molecule has 2 aromatic rings. The van der Waals surface area contributed by atoms with Crippen molar-refractivity contribution in [2.24, 2.45) is 9.98 Å². The molecule has 2 aliphatic rings. The molecule has 2 unspecified atom stereocenters. The van der Waals surface area contributed by atoms with E-state index in [1.807, 2.05) is 48.5 Å². The van der Waals surface area contributed by atoms with Crippen LogP contribution in [0.3, 0.4) is 0 Å². The number of hydrogen-bond acceptors (Lipinski definition) is 6. The van der Waals surface area contributed by atoms with Gasteiger partial charge in [0.25, 0.3) is 12.0 Å². The minimum Gasteiger partial charge on any atom is -0.462 e. The molecule has 132 valence electrons. The molecule has 2 N–H and O–H groups in total. The minimum absolute atomic E-state index is 0.00527. The molecule has 0 aromatic heterocycles. The second-order valence-corrected chi connectivity index (χ2v) is 6.21. The van der Waals surface area contributed by atoms with Crippen LogP contribution < -0.4 is 5.32 Å². The summed E-state index contributed by atoms with van der Waals surface area (Å²) < 4.78 is 11.3. The molecule has 0 saturated heterocycles. The van der Waals surface area contributed by atoms with Crippen molar-refractivity contribution in [1.29, 1.82) is 5.41 Å². The van der Waals surface area contributed by atoms with Crippen LogP contribution in [0, 0.1) is 5.41 Å². The van der Waals surface area contributed by atoms with Gasteiger partial charge >= 0.3 is 0 Å². The highest BCUT2D eigenvalue weighted by atomic mass is 16.5. The lowest BCUT2D eigenvalue weighted by Crippen LogP contribution is -2.30. The van der Waals surface area contributed by atoms with Crippen LogP contribution in [0.1, 0.15) is 28.8 Å². The standard InChI is InChI=1S/C20H20N4O2/c21-10-9-14-5-4-8-16(11-14)18-13-26-20(23-18)24-19-22-17(12-25-19)15-6-2-1-3-7-15/h1-8,10-11,17-18,21H,9,12-13H2,(H,22,23,24). The molecular weight excluding hydrogens is 328 g/mol. The Morgan fingerprint density at radius 1 is 0.923 bits per heavy atom. The Labute approximate surface area is 152 Å². The van der Waals surface area contributed by atoms with Crippen molar-refractivity contribution in [2.75, 3.05) is 13.2 Å². The van der Waals surface area contributed by atoms with Gasteiger partial charge in [0.05, 0.1) is 0 Å². The smallest absolute Gasteiger partial charge is 0.293 e. The van der Waals surface area contributed by atoms with Gasteiger partial charge in [-0.1, -0.05) is 54.6 Å². The van der Waals surface area contributed by atoms with Crippen LogP contribution in [0.15, 0.2) is 64.6 Å². The number of amidine groups is 2. The normalized spacial score (nSPS) is 21.4. The summed E-state index contributed by atoms with van der Waals surface area (Å²) in [6, 6.07) is 19.0. The van der Waals surface area contributed by atoms with Gasteiger partial charge in [-0.25, -0.2) is 9.98 Å². The molecule has 6 heteroatoms. The van der Waals surface area contributed by atoms with Gasteiger partial charge in [-0.15, -0.1) is 0 Å². The van der Waals surface area contributed by atoms with E-state index in [1.54, 1.807) is 0 Å². The molecule has 0 fully saturated rings. The number of nitrogens with one attached hydrogen (secondary N) is 2. The summed E-state index contributed by atoms with van der Waals surface area (Å²) in [4.78, 5) is 9.14. The van der Waals surface area contributed by atoms with Crippen LogP contribution in [0.2, 0.25) is 0 Å². The van der Waals surface area contributed by atoms with E-state index in [4.69, 9.17) is 14.9 Å². The fourth-order valence-electron chi connectivity index (χ4n) is 3.04. The van der Waals surface area contributed by atoms with E-state index in [0.29, 0.717) is 31.7 Å². The zero-order valence-electron chi connectivity index (χ0n) is 14.3. The fourth-order valence-corrected chi connectivity index (χ4v) is 3.04. The Morgan fingerprint density at radius 2 is 1.58 bits per heavy atom. The molecule has 2 aromatic carbocycles. The third-order valence-corrected chi connectivity index (χ3v) is 4.37. The van der Waals surface area contributed by atoms with E-state index in [2.05, 4.69) is 21.4 Å². The van der Waals surface area contributed by atoms with Crippen molar-refractivity contribution < 1.29 is 9.47 Å². The van der Waals surface area contributed by atoms with Gasteiger partial charge in [-0.05, 0) is 22.9 Å². The van der Waals surface area contributed by atoms with Crippen molar-refractivity contribution in [1.82, 2.24) is 5.32 Å². The molecule has 0 spiro atoms. The second-order valence-electron chi connectivity index (χ2n) is 6.21. The Hall–Kier alpha value is -3.15. The van der Waals surface area contributed by atoms with Gasteiger partial charge in [0.1, 0.15) is 25.3 Å². The van der Waals surface area contributed by atoms with E-state index < -0.39 is 0 Å². The molecule has 2 heterocycles. The molecule has 0 amide bonds. The summed E-state index contributed by atoms with van der Waals surface area (Å²) in [5.74, 6) is 0. The van der Waals surface area contributed by atoms with Crippen molar-refractivity contribution in [3.63, 3.8) is 0 Å². The Balaban J connectivity index is 1.43. The van der Waals surface area contributed by atoms with Gasteiger partial charge < -0.3 is 14.9 Å². The lowest BCUT2D eigenvalue weighted by molar-refractivity contribution is 0.293. The number of aliphatic imine (C=N–C) groups is 2. The van der Waals surface area contributed by atoms with Gasteiger partial charge in [0.15, 0.2) is 0 Å². The van der Waals surface area contributed by atoms with Crippen LogP contribution in [0.25, 0.3) is 0 Å². The number of rotatable bonds is 4. The molecule has 0 radical (unpaired) electrons. The Kier molecular flexibility index (Phi) is 4.64. The molecule has 0 saturated carbocycles. The van der Waals surface area contributed by atoms with E-state index in [1.165, 1.54) is 6.21 Å². The summed E-state index contributed by atoms with van der Waals surface area (Å²) in [7, 11) is 0. The van der Waals surface area contributed by atoms with Gasteiger partial charge in [-0.2, -0.15) is 0 Å². The van der Waals surface area contributed by atoms with Crippen molar-refractivity contribution in [3.05, 3.63) is 71.3 Å². The van der Waals surface area contributed by atoms with Gasteiger partial charge in [0.2, 0.25) is 0 Å². The summed E-state index contributed by atoms with van der Waals surface area (Å²) in [6.07, 6.45) is 2.03. The highest BCUT2D eigenvalue weighted by Crippen LogP contribution is 2.25. The van der Waals surface area contributed by atoms with E-state index in [0.717, 1.165) is 16.7 Å². The lowest BCUT2D eigenvalue weighted by atomic mass is 10.0. The van der Waals surface area contributed by atoms with E-state index in [9.17, 15) is 0 Å². The molecule has 6 nitrogen and oxygen atoms in total. The average molecular weight is 348 g/mol. The SMILES string of the molecule is N=CCc1cccc(C2COC(NC3=NC(c4ccccc4)CO3)=N2)c1. The quantitative estimate of drug-likeness (QED) is 0.834. The first kappa shape index (κ1) is 16.3. The maximum absolute atomic E-state index is 7.24. The zero-order chi connectivity index (χ0) is 17.8. The number of hydrogen-bond donors (Lipinski definition) is 2. The molecule has 26 heavy (non-hydrogen) atoms. The molecule has 0 aliphatic carbocycles. The molecule has 2 atom stereocenters. The van der Waals surface area contributed by atoms with E-state index >= 15 is 0 Å². The molecule has 2 aliphatic heterocycles. The molecular formula is C20H20N4O2. The fraction of sp³-hybridized carbons (Fsp3) is 0.250. The van der Waals surface area contributed by atoms with E-state index in [-0.39, 0.29) is 12.1 Å². The van der Waals surface area contributed by atoms with Gasteiger partial charge in [-0.3, -0.25) is 5.32 Å². The first-order valence-corrected chi connectivity index (χ1v) is 8.63. The highest BCUT2D eigenvalue weighted by Gasteiger charge is 2.25. The van der Waals surface area contributed by atoms with Crippen LogP contribution in [-0.4, -0.2) is 31.5 Å². The van der Waals surface area contributed by atoms with Crippen LogP contribution in [0.5, 0.6) is 0 Å². The monoisotopic (exact) mass is 348 g/mol. The lowest BCUT2D eigenvalue weighted by Gasteiger charge is -2.06. The van der Waals surface area contributed by atoms with Crippen LogP contribution in [0.4, 0.5) is 0 Å². The Morgan fingerprint density at radius 3 is 2.27 bits per heavy atom. The summed E-state index contributed by atoms with van der Waals surface area (Å²) in [5, 5.41) is 10.3. The predicted molar refractivity (Wildman–Crippen MR) is 101 cm³/mol. The number of nitrogens with zero attached hydrogens (tertiary/aromatic N) is 2. The average Bonchev–Trinajstić information content (AvgIpc) is 3.33. The predicted octanol–water partition coefficient (Wildman–Crippen LogP) is 3.02. The zero-order valence-corrected chi connectivity index (χ0v) is 14.3. The topological polar surface area (TPSA) is 79.1 Å². The first-order chi connectivity index (χ1) is 12.8. The van der Waals surface area contributed by atoms with Crippen molar-refractivity contribution in [2.45, 2.75) is 18.5 Å². The number of benzene rings is 2. The number of ether oxygens (including phenoxy) is 2. The summed E-state index contributed by atoms with van der Waals surface area (Å²) >= 11 is 0. The summed E-state index contributed by atoms with van der Waals surface area (Å²) in [5.41, 5.74) is 3.31. The van der Waals surface area contributed by atoms with Crippen molar-refractivity contribution in [3.8, 4) is 0 Å². The molecule has 4 rings (SSSR count). The minimum atomic E-state index is -0.0601. The third-order valence-electron chi connectivity index (χ3n) is 4.37.